The fraction of sp³-hybridized carbons (Fsp3) is 0.231. The van der Waals surface area contributed by atoms with Gasteiger partial charge in [0.25, 0.3) is 17.7 Å². The van der Waals surface area contributed by atoms with Gasteiger partial charge in [-0.2, -0.15) is 0 Å². The monoisotopic (exact) mass is 440 g/mol. The smallest absolute Gasteiger partial charge is 0.274 e. The zero-order valence-corrected chi connectivity index (χ0v) is 18.1. The number of imide groups is 1. The van der Waals surface area contributed by atoms with E-state index < -0.39 is 0 Å². The van der Waals surface area contributed by atoms with E-state index in [1.807, 2.05) is 6.07 Å². The van der Waals surface area contributed by atoms with Crippen LogP contribution in [0, 0.1) is 12.3 Å². The van der Waals surface area contributed by atoms with Gasteiger partial charge in [-0.15, -0.1) is 12.3 Å². The number of carbonyl (C=O) groups is 3. The Morgan fingerprint density at radius 1 is 1.00 bits per heavy atom. The maximum atomic E-state index is 13.3. The molecule has 0 aliphatic carbocycles. The van der Waals surface area contributed by atoms with Crippen LogP contribution in [-0.2, 0) is 0 Å². The number of anilines is 1. The number of rotatable bonds is 9. The first-order valence-electron chi connectivity index (χ1n) is 10.9. The number of hydrogen-bond acceptors (Lipinski definition) is 5. The Labute approximate surface area is 192 Å². The number of nitrogens with one attached hydrogen (secondary N) is 2. The van der Waals surface area contributed by atoms with Gasteiger partial charge in [-0.3, -0.25) is 24.3 Å². The summed E-state index contributed by atoms with van der Waals surface area (Å²) in [5.74, 6) is 1.56. The maximum Gasteiger partial charge on any atom is 0.274 e. The molecule has 0 saturated carbocycles. The third kappa shape index (κ3) is 4.76. The SMILES string of the molecule is C#CCCCCNCCN1C(=O)c2cccc3cc(NC(=O)c4ccccn4)cc(c23)C1=O. The Kier molecular flexibility index (Phi) is 6.77. The number of pyridine rings is 1. The highest BCUT2D eigenvalue weighted by Gasteiger charge is 2.32. The average molecular weight is 441 g/mol. The number of carbonyl (C=O) groups excluding carboxylic acids is 3. The highest BCUT2D eigenvalue weighted by atomic mass is 16.2. The van der Waals surface area contributed by atoms with E-state index in [4.69, 9.17) is 6.42 Å². The molecule has 2 aromatic carbocycles. The van der Waals surface area contributed by atoms with Crippen molar-refractivity contribution >= 4 is 34.2 Å². The molecule has 33 heavy (non-hydrogen) atoms. The Hall–Kier alpha value is -4.02. The van der Waals surface area contributed by atoms with Crippen molar-refractivity contribution in [3.63, 3.8) is 0 Å². The van der Waals surface area contributed by atoms with E-state index in [9.17, 15) is 14.4 Å². The van der Waals surface area contributed by atoms with Crippen LogP contribution in [-0.4, -0.2) is 47.2 Å². The van der Waals surface area contributed by atoms with Crippen molar-refractivity contribution in [2.45, 2.75) is 19.3 Å². The molecule has 0 fully saturated rings. The number of benzene rings is 2. The molecule has 7 heteroatoms. The summed E-state index contributed by atoms with van der Waals surface area (Å²) in [4.78, 5) is 44.2. The van der Waals surface area contributed by atoms with Crippen LogP contribution >= 0.6 is 0 Å². The van der Waals surface area contributed by atoms with Gasteiger partial charge in [-0.05, 0) is 55.1 Å². The molecule has 2 N–H and O–H groups in total. The van der Waals surface area contributed by atoms with Gasteiger partial charge in [0.1, 0.15) is 5.69 Å². The summed E-state index contributed by atoms with van der Waals surface area (Å²) >= 11 is 0. The fourth-order valence-corrected chi connectivity index (χ4v) is 3.92. The summed E-state index contributed by atoms with van der Waals surface area (Å²) in [6, 6.07) is 13.8. The molecule has 1 aliphatic rings. The zero-order chi connectivity index (χ0) is 23.2. The lowest BCUT2D eigenvalue weighted by Gasteiger charge is -2.27. The van der Waals surface area contributed by atoms with Crippen LogP contribution in [0.15, 0.2) is 54.7 Å². The molecule has 0 radical (unpaired) electrons. The quantitative estimate of drug-likeness (QED) is 0.302. The summed E-state index contributed by atoms with van der Waals surface area (Å²) in [5, 5.41) is 7.40. The van der Waals surface area contributed by atoms with Gasteiger partial charge in [0.05, 0.1) is 5.56 Å². The van der Waals surface area contributed by atoms with Crippen LogP contribution in [0.2, 0.25) is 0 Å². The summed E-state index contributed by atoms with van der Waals surface area (Å²) in [6.45, 7) is 1.52. The van der Waals surface area contributed by atoms with Gasteiger partial charge < -0.3 is 10.6 Å². The van der Waals surface area contributed by atoms with Gasteiger partial charge in [0, 0.05) is 42.3 Å². The largest absolute Gasteiger partial charge is 0.321 e. The van der Waals surface area contributed by atoms with Crippen molar-refractivity contribution in [2.75, 3.05) is 25.0 Å². The number of terminal acetylenes is 1. The number of unbranched alkanes of at least 4 members (excludes halogenated alkanes) is 2. The average Bonchev–Trinajstić information content (AvgIpc) is 2.84. The van der Waals surface area contributed by atoms with Gasteiger partial charge >= 0.3 is 0 Å². The lowest BCUT2D eigenvalue weighted by molar-refractivity contribution is 0.0611. The van der Waals surface area contributed by atoms with Crippen LogP contribution < -0.4 is 10.6 Å². The van der Waals surface area contributed by atoms with E-state index in [0.29, 0.717) is 34.1 Å². The third-order valence-corrected chi connectivity index (χ3v) is 5.52. The molecule has 0 atom stereocenters. The Morgan fingerprint density at radius 2 is 1.85 bits per heavy atom. The van der Waals surface area contributed by atoms with Crippen LogP contribution in [0.3, 0.4) is 0 Å². The first-order valence-corrected chi connectivity index (χ1v) is 10.9. The summed E-state index contributed by atoms with van der Waals surface area (Å²) in [6.07, 6.45) is 9.42. The van der Waals surface area contributed by atoms with Crippen LogP contribution in [0.25, 0.3) is 10.8 Å². The van der Waals surface area contributed by atoms with Crippen LogP contribution in [0.4, 0.5) is 5.69 Å². The third-order valence-electron chi connectivity index (χ3n) is 5.52. The number of amides is 3. The first kappa shape index (κ1) is 22.2. The van der Waals surface area contributed by atoms with Crippen LogP contribution in [0.1, 0.15) is 50.5 Å². The van der Waals surface area contributed by atoms with E-state index in [0.717, 1.165) is 25.8 Å². The van der Waals surface area contributed by atoms with Gasteiger partial charge in [-0.1, -0.05) is 18.2 Å². The van der Waals surface area contributed by atoms with E-state index in [2.05, 4.69) is 21.5 Å². The molecule has 7 nitrogen and oxygen atoms in total. The minimum Gasteiger partial charge on any atom is -0.321 e. The van der Waals surface area contributed by atoms with Gasteiger partial charge in [-0.25, -0.2) is 0 Å². The molecule has 3 amide bonds. The lowest BCUT2D eigenvalue weighted by Crippen LogP contribution is -2.44. The van der Waals surface area contributed by atoms with E-state index in [1.165, 1.54) is 4.90 Å². The second kappa shape index (κ2) is 10.1. The predicted molar refractivity (Wildman–Crippen MR) is 127 cm³/mol. The Morgan fingerprint density at radius 3 is 2.64 bits per heavy atom. The van der Waals surface area contributed by atoms with Gasteiger partial charge in [0.15, 0.2) is 0 Å². The highest BCUT2D eigenvalue weighted by Crippen LogP contribution is 2.32. The molecule has 1 aliphatic heterocycles. The number of hydrogen-bond donors (Lipinski definition) is 2. The van der Waals surface area contributed by atoms with Crippen molar-refractivity contribution < 1.29 is 14.4 Å². The van der Waals surface area contributed by atoms with E-state index >= 15 is 0 Å². The molecule has 0 unspecified atom stereocenters. The molecule has 0 spiro atoms. The predicted octanol–water partition coefficient (Wildman–Crippen LogP) is 3.48. The van der Waals surface area contributed by atoms with Crippen molar-refractivity contribution in [2.24, 2.45) is 0 Å². The standard InChI is InChI=1S/C26H24N4O3/c1-2-3-4-6-12-27-14-15-30-25(32)20-10-8-9-18-16-19(17-21(23(18)20)26(30)33)29-24(31)22-11-5-7-13-28-22/h1,5,7-11,13,16-17,27H,3-4,6,12,14-15H2,(H,29,31). The van der Waals surface area contributed by atoms with E-state index in [1.54, 1.807) is 48.7 Å². The molecular formula is C26H24N4O3. The molecule has 0 bridgehead atoms. The Bertz CT molecular complexity index is 1250. The summed E-state index contributed by atoms with van der Waals surface area (Å²) < 4.78 is 0. The number of nitrogens with zero attached hydrogens (tertiary/aromatic N) is 2. The summed E-state index contributed by atoms with van der Waals surface area (Å²) in [7, 11) is 0. The molecular weight excluding hydrogens is 416 g/mol. The van der Waals surface area contributed by atoms with Crippen molar-refractivity contribution in [3.05, 3.63) is 71.5 Å². The first-order chi connectivity index (χ1) is 16.1. The van der Waals surface area contributed by atoms with Crippen LogP contribution in [0.5, 0.6) is 0 Å². The van der Waals surface area contributed by atoms with Crippen molar-refractivity contribution in [1.29, 1.82) is 0 Å². The highest BCUT2D eigenvalue weighted by molar-refractivity contribution is 6.26. The van der Waals surface area contributed by atoms with Crippen molar-refractivity contribution in [3.8, 4) is 12.3 Å². The van der Waals surface area contributed by atoms with E-state index in [-0.39, 0.29) is 30.0 Å². The lowest BCUT2D eigenvalue weighted by atomic mass is 9.93. The topological polar surface area (TPSA) is 91.4 Å². The normalized spacial score (nSPS) is 12.6. The second-order valence-corrected chi connectivity index (χ2v) is 7.77. The molecule has 2 heterocycles. The minimum absolute atomic E-state index is 0.257. The molecule has 0 saturated heterocycles. The fourth-order valence-electron chi connectivity index (χ4n) is 3.92. The zero-order valence-electron chi connectivity index (χ0n) is 18.1. The van der Waals surface area contributed by atoms with Crippen molar-refractivity contribution in [1.82, 2.24) is 15.2 Å². The minimum atomic E-state index is -0.372. The maximum absolute atomic E-state index is 13.3. The molecule has 166 valence electrons. The second-order valence-electron chi connectivity index (χ2n) is 7.77. The van der Waals surface area contributed by atoms with Gasteiger partial charge in [0.2, 0.25) is 0 Å². The molecule has 4 rings (SSSR count). The molecule has 3 aromatic rings. The molecule has 1 aromatic heterocycles. The Balaban J connectivity index is 1.54. The summed E-state index contributed by atoms with van der Waals surface area (Å²) in [5.41, 5.74) is 1.63. The number of aromatic nitrogens is 1.